The SMILES string of the molecule is O=C(NCc1c[nH]c2ccc(Cl)cc12)c1ccc(-c2ccco2)cc1. The third-order valence-electron chi connectivity index (χ3n) is 4.12. The van der Waals surface area contributed by atoms with Crippen molar-refractivity contribution in [3.8, 4) is 11.3 Å². The Labute approximate surface area is 149 Å². The van der Waals surface area contributed by atoms with Gasteiger partial charge in [-0.15, -0.1) is 0 Å². The highest BCUT2D eigenvalue weighted by Gasteiger charge is 2.09. The van der Waals surface area contributed by atoms with Crippen LogP contribution in [0.15, 0.2) is 71.5 Å². The number of amides is 1. The van der Waals surface area contributed by atoms with Crippen LogP contribution < -0.4 is 5.32 Å². The maximum atomic E-state index is 12.4. The fraction of sp³-hybridized carbons (Fsp3) is 0.0500. The quantitative estimate of drug-likeness (QED) is 0.543. The van der Waals surface area contributed by atoms with E-state index in [-0.39, 0.29) is 5.91 Å². The number of hydrogen-bond acceptors (Lipinski definition) is 2. The Kier molecular flexibility index (Phi) is 4.04. The molecule has 0 bridgehead atoms. The van der Waals surface area contributed by atoms with Gasteiger partial charge in [0.1, 0.15) is 5.76 Å². The van der Waals surface area contributed by atoms with Gasteiger partial charge in [0.15, 0.2) is 0 Å². The normalized spacial score (nSPS) is 10.9. The van der Waals surface area contributed by atoms with E-state index >= 15 is 0 Å². The summed E-state index contributed by atoms with van der Waals surface area (Å²) in [6.45, 7) is 0.430. The van der Waals surface area contributed by atoms with Crippen molar-refractivity contribution in [1.82, 2.24) is 10.3 Å². The number of benzene rings is 2. The number of furan rings is 1. The summed E-state index contributed by atoms with van der Waals surface area (Å²) in [5.41, 5.74) is 3.54. The van der Waals surface area contributed by atoms with Gasteiger partial charge >= 0.3 is 0 Å². The van der Waals surface area contributed by atoms with Crippen LogP contribution in [0.4, 0.5) is 0 Å². The summed E-state index contributed by atoms with van der Waals surface area (Å²) in [6, 6.07) is 16.7. The molecular weight excluding hydrogens is 336 g/mol. The first kappa shape index (κ1) is 15.5. The van der Waals surface area contributed by atoms with Crippen LogP contribution >= 0.6 is 11.6 Å². The first-order chi connectivity index (χ1) is 12.2. The van der Waals surface area contributed by atoms with Gasteiger partial charge in [-0.05, 0) is 48.0 Å². The summed E-state index contributed by atoms with van der Waals surface area (Å²) in [4.78, 5) is 15.6. The van der Waals surface area contributed by atoms with Crippen molar-refractivity contribution < 1.29 is 9.21 Å². The minimum atomic E-state index is -0.123. The lowest BCUT2D eigenvalue weighted by Gasteiger charge is -2.05. The lowest BCUT2D eigenvalue weighted by atomic mass is 10.1. The van der Waals surface area contributed by atoms with Crippen LogP contribution in [0.2, 0.25) is 5.02 Å². The lowest BCUT2D eigenvalue weighted by molar-refractivity contribution is 0.0951. The molecule has 124 valence electrons. The molecule has 2 aromatic carbocycles. The van der Waals surface area contributed by atoms with Gasteiger partial charge in [0.25, 0.3) is 5.91 Å². The van der Waals surface area contributed by atoms with E-state index in [4.69, 9.17) is 16.0 Å². The Bertz CT molecular complexity index is 1020. The van der Waals surface area contributed by atoms with Gasteiger partial charge in [-0.25, -0.2) is 0 Å². The highest BCUT2D eigenvalue weighted by molar-refractivity contribution is 6.31. The molecule has 0 spiro atoms. The van der Waals surface area contributed by atoms with Crippen LogP contribution in [0.3, 0.4) is 0 Å². The Morgan fingerprint density at radius 1 is 1.12 bits per heavy atom. The minimum absolute atomic E-state index is 0.123. The van der Waals surface area contributed by atoms with E-state index < -0.39 is 0 Å². The van der Waals surface area contributed by atoms with E-state index in [9.17, 15) is 4.79 Å². The molecule has 0 saturated carbocycles. The Hall–Kier alpha value is -2.98. The Morgan fingerprint density at radius 2 is 1.96 bits per heavy atom. The molecule has 2 aromatic heterocycles. The van der Waals surface area contributed by atoms with Crippen molar-refractivity contribution in [3.05, 3.63) is 83.2 Å². The van der Waals surface area contributed by atoms with Crippen molar-refractivity contribution in [1.29, 1.82) is 0 Å². The fourth-order valence-electron chi connectivity index (χ4n) is 2.80. The molecule has 1 amide bonds. The zero-order valence-electron chi connectivity index (χ0n) is 13.3. The second-order valence-corrected chi connectivity index (χ2v) is 6.18. The lowest BCUT2D eigenvalue weighted by Crippen LogP contribution is -2.22. The first-order valence-corrected chi connectivity index (χ1v) is 8.26. The molecular formula is C20H15ClN2O2. The van der Waals surface area contributed by atoms with Crippen LogP contribution in [0.25, 0.3) is 22.2 Å². The second-order valence-electron chi connectivity index (χ2n) is 5.74. The number of nitrogens with one attached hydrogen (secondary N) is 2. The van der Waals surface area contributed by atoms with Crippen LogP contribution in [0.5, 0.6) is 0 Å². The molecule has 0 radical (unpaired) electrons. The average molecular weight is 351 g/mol. The largest absolute Gasteiger partial charge is 0.464 e. The second kappa shape index (κ2) is 6.49. The third-order valence-corrected chi connectivity index (χ3v) is 4.36. The molecule has 0 aliphatic rings. The topological polar surface area (TPSA) is 58.0 Å². The van der Waals surface area contributed by atoms with Crippen molar-refractivity contribution in [2.75, 3.05) is 0 Å². The summed E-state index contributed by atoms with van der Waals surface area (Å²) in [7, 11) is 0. The van der Waals surface area contributed by atoms with Crippen molar-refractivity contribution in [2.45, 2.75) is 6.54 Å². The Balaban J connectivity index is 1.47. The van der Waals surface area contributed by atoms with Crippen LogP contribution in [0.1, 0.15) is 15.9 Å². The Morgan fingerprint density at radius 3 is 2.72 bits per heavy atom. The molecule has 0 unspecified atom stereocenters. The highest BCUT2D eigenvalue weighted by atomic mass is 35.5. The molecule has 4 nitrogen and oxygen atoms in total. The van der Waals surface area contributed by atoms with Gasteiger partial charge < -0.3 is 14.7 Å². The van der Waals surface area contributed by atoms with Gasteiger partial charge in [0, 0.05) is 39.8 Å². The molecule has 0 fully saturated rings. The summed E-state index contributed by atoms with van der Waals surface area (Å²) < 4.78 is 5.35. The zero-order chi connectivity index (χ0) is 17.2. The fourth-order valence-corrected chi connectivity index (χ4v) is 2.98. The number of aromatic amines is 1. The summed E-state index contributed by atoms with van der Waals surface area (Å²) >= 11 is 6.05. The number of carbonyl (C=O) groups is 1. The van der Waals surface area contributed by atoms with Gasteiger partial charge in [-0.1, -0.05) is 23.7 Å². The summed E-state index contributed by atoms with van der Waals surface area (Å²) in [5, 5.41) is 4.63. The average Bonchev–Trinajstić information content (AvgIpc) is 3.30. The van der Waals surface area contributed by atoms with Gasteiger partial charge in [-0.3, -0.25) is 4.79 Å². The number of H-pyrrole nitrogens is 1. The van der Waals surface area contributed by atoms with E-state index in [0.717, 1.165) is 27.8 Å². The molecule has 2 heterocycles. The molecule has 0 aliphatic heterocycles. The molecule has 4 rings (SSSR count). The molecule has 0 aliphatic carbocycles. The number of halogens is 1. The van der Waals surface area contributed by atoms with Crippen LogP contribution in [-0.2, 0) is 6.54 Å². The van der Waals surface area contributed by atoms with Crippen molar-refractivity contribution in [3.63, 3.8) is 0 Å². The van der Waals surface area contributed by atoms with E-state index in [0.29, 0.717) is 17.1 Å². The first-order valence-electron chi connectivity index (χ1n) is 7.88. The van der Waals surface area contributed by atoms with E-state index in [1.54, 1.807) is 18.4 Å². The monoisotopic (exact) mass is 350 g/mol. The molecule has 2 N–H and O–H groups in total. The molecule has 25 heavy (non-hydrogen) atoms. The van der Waals surface area contributed by atoms with E-state index in [1.165, 1.54) is 0 Å². The van der Waals surface area contributed by atoms with Gasteiger partial charge in [0.05, 0.1) is 6.26 Å². The third kappa shape index (κ3) is 3.16. The van der Waals surface area contributed by atoms with Crippen molar-refractivity contribution in [2.24, 2.45) is 0 Å². The predicted octanol–water partition coefficient (Wildman–Crippen LogP) is 5.01. The highest BCUT2D eigenvalue weighted by Crippen LogP contribution is 2.23. The smallest absolute Gasteiger partial charge is 0.251 e. The molecule has 5 heteroatoms. The molecule has 0 atom stereocenters. The van der Waals surface area contributed by atoms with E-state index in [1.807, 2.05) is 48.7 Å². The minimum Gasteiger partial charge on any atom is -0.464 e. The summed E-state index contributed by atoms with van der Waals surface area (Å²) in [5.74, 6) is 0.657. The number of carbonyl (C=O) groups excluding carboxylic acids is 1. The molecule has 4 aromatic rings. The van der Waals surface area contributed by atoms with Gasteiger partial charge in [-0.2, -0.15) is 0 Å². The summed E-state index contributed by atoms with van der Waals surface area (Å²) in [6.07, 6.45) is 3.52. The number of hydrogen-bond donors (Lipinski definition) is 2. The van der Waals surface area contributed by atoms with E-state index in [2.05, 4.69) is 10.3 Å². The maximum absolute atomic E-state index is 12.4. The number of fused-ring (bicyclic) bond motifs is 1. The van der Waals surface area contributed by atoms with Gasteiger partial charge in [0.2, 0.25) is 0 Å². The standard InChI is InChI=1S/C20H15ClN2O2/c21-16-7-8-18-17(10-16)15(11-22-18)12-23-20(24)14-5-3-13(4-6-14)19-2-1-9-25-19/h1-11,22H,12H2,(H,23,24). The predicted molar refractivity (Wildman–Crippen MR) is 98.6 cm³/mol. The zero-order valence-corrected chi connectivity index (χ0v) is 14.0. The number of rotatable bonds is 4. The van der Waals surface area contributed by atoms with Crippen molar-refractivity contribution >= 4 is 28.4 Å². The van der Waals surface area contributed by atoms with Crippen LogP contribution in [0, 0.1) is 0 Å². The maximum Gasteiger partial charge on any atom is 0.251 e. The number of aromatic nitrogens is 1. The molecule has 0 saturated heterocycles. The van der Waals surface area contributed by atoms with Crippen LogP contribution in [-0.4, -0.2) is 10.9 Å².